The van der Waals surface area contributed by atoms with Gasteiger partial charge in [-0.1, -0.05) is 18.2 Å². The molecule has 0 saturated heterocycles. The first kappa shape index (κ1) is 20.1. The molecule has 2 N–H and O–H groups in total. The van der Waals surface area contributed by atoms with Crippen molar-refractivity contribution in [2.24, 2.45) is 10.2 Å². The number of azo groups is 1. The standard InChI is InChI=1S/C18H16N4O6S/c1-29(27,28)21-15-10-16(17(23)14-8-3-2-7-13(14)15)19-20-18(24)11-5-4-6-12(9-11)22(25)26/h2-6,9-10,21,23H,7-8H2,1H3. The quantitative estimate of drug-likeness (QED) is 0.251. The maximum atomic E-state index is 12.2. The molecule has 3 rings (SSSR count). The molecule has 0 fully saturated rings. The molecule has 0 aliphatic heterocycles. The maximum absolute atomic E-state index is 12.2. The van der Waals surface area contributed by atoms with Crippen LogP contribution in [0, 0.1) is 10.1 Å². The number of nitrogens with one attached hydrogen (secondary N) is 1. The van der Waals surface area contributed by atoms with Crippen molar-refractivity contribution in [2.75, 3.05) is 11.0 Å². The Morgan fingerprint density at radius 2 is 1.90 bits per heavy atom. The number of phenolic OH excluding ortho intramolecular Hbond substituents is 1. The number of non-ortho nitro benzene ring substituents is 1. The summed E-state index contributed by atoms with van der Waals surface area (Å²) < 4.78 is 25.7. The van der Waals surface area contributed by atoms with Crippen LogP contribution in [-0.4, -0.2) is 30.6 Å². The fourth-order valence-electron chi connectivity index (χ4n) is 2.88. The van der Waals surface area contributed by atoms with E-state index in [1.165, 1.54) is 24.3 Å². The molecular formula is C18H16N4O6S. The van der Waals surface area contributed by atoms with Crippen LogP contribution < -0.4 is 4.72 Å². The number of nitro groups is 1. The lowest BCUT2D eigenvalue weighted by Crippen LogP contribution is -2.13. The molecule has 11 heteroatoms. The van der Waals surface area contributed by atoms with E-state index in [1.807, 2.05) is 12.2 Å². The molecule has 150 valence electrons. The van der Waals surface area contributed by atoms with Crippen molar-refractivity contribution < 1.29 is 23.2 Å². The van der Waals surface area contributed by atoms with Crippen LogP contribution in [0.3, 0.4) is 0 Å². The van der Waals surface area contributed by atoms with Gasteiger partial charge in [-0.25, -0.2) is 8.42 Å². The second-order valence-corrected chi connectivity index (χ2v) is 8.06. The molecule has 0 unspecified atom stereocenters. The second-order valence-electron chi connectivity index (χ2n) is 6.32. The van der Waals surface area contributed by atoms with Crippen molar-refractivity contribution in [3.8, 4) is 5.75 Å². The number of carbonyl (C=O) groups is 1. The fourth-order valence-corrected chi connectivity index (χ4v) is 3.47. The molecule has 29 heavy (non-hydrogen) atoms. The summed E-state index contributed by atoms with van der Waals surface area (Å²) in [5, 5.41) is 28.6. The van der Waals surface area contributed by atoms with Crippen LogP contribution in [-0.2, 0) is 22.9 Å². The third-order valence-electron chi connectivity index (χ3n) is 4.16. The minimum Gasteiger partial charge on any atom is -0.505 e. The number of fused-ring (bicyclic) bond motifs is 1. The van der Waals surface area contributed by atoms with E-state index >= 15 is 0 Å². The number of hydrogen-bond acceptors (Lipinski definition) is 7. The summed E-state index contributed by atoms with van der Waals surface area (Å²) in [6, 6.07) is 6.29. The summed E-state index contributed by atoms with van der Waals surface area (Å²) >= 11 is 0. The summed E-state index contributed by atoms with van der Waals surface area (Å²) in [6.45, 7) is 0. The van der Waals surface area contributed by atoms with Gasteiger partial charge in [-0.15, -0.1) is 10.2 Å². The number of rotatable bonds is 5. The molecule has 2 aromatic carbocycles. The van der Waals surface area contributed by atoms with Crippen molar-refractivity contribution in [1.82, 2.24) is 0 Å². The number of hydrogen-bond donors (Lipinski definition) is 2. The molecule has 2 aromatic rings. The molecular weight excluding hydrogens is 400 g/mol. The number of benzene rings is 2. The van der Waals surface area contributed by atoms with E-state index in [1.54, 1.807) is 0 Å². The van der Waals surface area contributed by atoms with Crippen LogP contribution in [0.25, 0.3) is 0 Å². The Balaban J connectivity index is 1.98. The van der Waals surface area contributed by atoms with E-state index in [4.69, 9.17) is 0 Å². The lowest BCUT2D eigenvalue weighted by Gasteiger charge is -2.19. The lowest BCUT2D eigenvalue weighted by atomic mass is 9.93. The molecule has 0 atom stereocenters. The number of phenols is 1. The molecule has 1 aliphatic rings. The Bertz CT molecular complexity index is 1170. The third-order valence-corrected chi connectivity index (χ3v) is 4.75. The van der Waals surface area contributed by atoms with Gasteiger partial charge in [0.1, 0.15) is 11.4 Å². The van der Waals surface area contributed by atoms with E-state index in [0.29, 0.717) is 24.0 Å². The number of anilines is 1. The van der Waals surface area contributed by atoms with Gasteiger partial charge in [0, 0.05) is 17.7 Å². The number of carbonyl (C=O) groups excluding carboxylic acids is 1. The van der Waals surface area contributed by atoms with Crippen LogP contribution in [0.5, 0.6) is 5.75 Å². The van der Waals surface area contributed by atoms with Crippen LogP contribution >= 0.6 is 0 Å². The summed E-state index contributed by atoms with van der Waals surface area (Å²) in [4.78, 5) is 22.4. The second kappa shape index (κ2) is 7.80. The molecule has 0 aromatic heterocycles. The highest BCUT2D eigenvalue weighted by Crippen LogP contribution is 2.40. The minimum atomic E-state index is -3.59. The van der Waals surface area contributed by atoms with Gasteiger partial charge in [-0.05, 0) is 30.5 Å². The predicted molar refractivity (Wildman–Crippen MR) is 105 cm³/mol. The van der Waals surface area contributed by atoms with Crippen molar-refractivity contribution in [3.05, 3.63) is 69.3 Å². The Morgan fingerprint density at radius 3 is 2.55 bits per heavy atom. The largest absolute Gasteiger partial charge is 0.505 e. The average molecular weight is 416 g/mol. The smallest absolute Gasteiger partial charge is 0.295 e. The third kappa shape index (κ3) is 4.63. The molecule has 0 spiro atoms. The zero-order valence-electron chi connectivity index (χ0n) is 15.2. The average Bonchev–Trinajstić information content (AvgIpc) is 2.68. The van der Waals surface area contributed by atoms with E-state index in [2.05, 4.69) is 15.0 Å². The van der Waals surface area contributed by atoms with E-state index in [0.717, 1.165) is 12.3 Å². The number of nitro benzene ring substituents is 1. The Hall–Kier alpha value is -3.60. The summed E-state index contributed by atoms with van der Waals surface area (Å²) in [5.74, 6) is -1.05. The summed E-state index contributed by atoms with van der Waals surface area (Å²) in [5.41, 5.74) is 0.926. The maximum Gasteiger partial charge on any atom is 0.295 e. The number of allylic oxidation sites excluding steroid dienone is 2. The molecule has 10 nitrogen and oxygen atoms in total. The monoisotopic (exact) mass is 416 g/mol. The van der Waals surface area contributed by atoms with Crippen LogP contribution in [0.15, 0.2) is 52.7 Å². The molecule has 0 saturated carbocycles. The van der Waals surface area contributed by atoms with E-state index in [-0.39, 0.29) is 28.4 Å². The number of sulfonamides is 1. The zero-order valence-corrected chi connectivity index (χ0v) is 16.0. The highest BCUT2D eigenvalue weighted by Gasteiger charge is 2.20. The minimum absolute atomic E-state index is 0.0437. The first-order valence-electron chi connectivity index (χ1n) is 8.37. The van der Waals surface area contributed by atoms with Gasteiger partial charge >= 0.3 is 0 Å². The van der Waals surface area contributed by atoms with Crippen LogP contribution in [0.4, 0.5) is 17.1 Å². The van der Waals surface area contributed by atoms with E-state index in [9.17, 15) is 28.4 Å². The number of nitrogens with zero attached hydrogens (tertiary/aromatic N) is 3. The fraction of sp³-hybridized carbons (Fsp3) is 0.167. The number of aromatic hydroxyl groups is 1. The lowest BCUT2D eigenvalue weighted by molar-refractivity contribution is -0.384. The molecule has 0 bridgehead atoms. The zero-order chi connectivity index (χ0) is 21.2. The predicted octanol–water partition coefficient (Wildman–Crippen LogP) is 3.25. The normalized spacial score (nSPS) is 13.3. The van der Waals surface area contributed by atoms with Gasteiger partial charge < -0.3 is 5.11 Å². The Kier molecular flexibility index (Phi) is 5.41. The highest BCUT2D eigenvalue weighted by atomic mass is 32.2. The van der Waals surface area contributed by atoms with Gasteiger partial charge in [0.05, 0.1) is 22.4 Å². The molecule has 1 amide bonds. The Labute approximate surface area is 165 Å². The van der Waals surface area contributed by atoms with Crippen molar-refractivity contribution >= 4 is 33.0 Å². The highest BCUT2D eigenvalue weighted by molar-refractivity contribution is 7.92. The van der Waals surface area contributed by atoms with Gasteiger partial charge in [0.2, 0.25) is 10.0 Å². The molecule has 0 heterocycles. The van der Waals surface area contributed by atoms with Gasteiger partial charge in [0.15, 0.2) is 0 Å². The molecule has 0 radical (unpaired) electrons. The Morgan fingerprint density at radius 1 is 1.21 bits per heavy atom. The molecule has 1 aliphatic carbocycles. The van der Waals surface area contributed by atoms with Crippen molar-refractivity contribution in [3.63, 3.8) is 0 Å². The van der Waals surface area contributed by atoms with Crippen molar-refractivity contribution in [1.29, 1.82) is 0 Å². The topological polar surface area (TPSA) is 151 Å². The summed E-state index contributed by atoms with van der Waals surface area (Å²) in [7, 11) is -3.59. The van der Waals surface area contributed by atoms with Gasteiger partial charge in [-0.2, -0.15) is 0 Å². The first-order valence-corrected chi connectivity index (χ1v) is 10.3. The van der Waals surface area contributed by atoms with Gasteiger partial charge in [-0.3, -0.25) is 19.6 Å². The number of amides is 1. The van der Waals surface area contributed by atoms with Crippen LogP contribution in [0.2, 0.25) is 0 Å². The van der Waals surface area contributed by atoms with Gasteiger partial charge in [0.25, 0.3) is 11.6 Å². The first-order chi connectivity index (χ1) is 13.7. The van der Waals surface area contributed by atoms with Crippen molar-refractivity contribution in [2.45, 2.75) is 12.8 Å². The SMILES string of the molecule is CS(=O)(=O)Nc1cc(N=NC(=O)c2cccc([N+](=O)[O-])c2)c(O)c2c1CC=CC2. The van der Waals surface area contributed by atoms with Crippen LogP contribution in [0.1, 0.15) is 21.5 Å². The summed E-state index contributed by atoms with van der Waals surface area (Å²) in [6.07, 6.45) is 5.45. The van der Waals surface area contributed by atoms with E-state index < -0.39 is 20.9 Å².